The Morgan fingerprint density at radius 1 is 0.982 bits per heavy atom. The predicted molar refractivity (Wildman–Crippen MR) is 203 cm³/mol. The number of pyridine rings is 1. The van der Waals surface area contributed by atoms with Crippen LogP contribution in [0.4, 0.5) is 30.4 Å². The van der Waals surface area contributed by atoms with Gasteiger partial charge in [-0.2, -0.15) is 13.2 Å². The van der Waals surface area contributed by atoms with Crippen LogP contribution in [-0.2, 0) is 24.2 Å². The molecule has 1 saturated heterocycles. The van der Waals surface area contributed by atoms with E-state index >= 15 is 0 Å². The number of fused-ring (bicyclic) bond motifs is 1. The van der Waals surface area contributed by atoms with E-state index in [-0.39, 0.29) is 35.2 Å². The quantitative estimate of drug-likeness (QED) is 0.100. The van der Waals surface area contributed by atoms with Gasteiger partial charge in [0.25, 0.3) is 0 Å². The first-order valence-electron chi connectivity index (χ1n) is 17.5. The summed E-state index contributed by atoms with van der Waals surface area (Å²) in [5, 5.41) is 21.6. The zero-order valence-electron chi connectivity index (χ0n) is 31.2. The molecule has 18 heteroatoms. The van der Waals surface area contributed by atoms with E-state index in [1.54, 1.807) is 44.3 Å². The molecule has 5 rings (SSSR count). The lowest BCUT2D eigenvalue weighted by Crippen LogP contribution is -2.40. The number of halogens is 3. The van der Waals surface area contributed by atoms with Crippen molar-refractivity contribution in [2.75, 3.05) is 29.9 Å². The lowest BCUT2D eigenvalue weighted by atomic mass is 9.92. The van der Waals surface area contributed by atoms with Crippen molar-refractivity contribution in [3.8, 4) is 11.5 Å². The minimum Gasteiger partial charge on any atom is -0.490 e. The SMILES string of the molecule is CCOc1cc(C(Nc2ccc3c(N)nccc3c2)C(=O)N2CCC(C(=O)O)C2c2cc(N)ccc2S(=O)(=O)C(C)C)ccc1OC(C)C.O=C(O)C(F)(F)F. The summed E-state index contributed by atoms with van der Waals surface area (Å²) < 4.78 is 70.8. The Morgan fingerprint density at radius 3 is 2.25 bits per heavy atom. The number of anilines is 3. The van der Waals surface area contributed by atoms with Crippen LogP contribution in [0.1, 0.15) is 64.3 Å². The van der Waals surface area contributed by atoms with Crippen molar-refractivity contribution in [3.05, 3.63) is 78.0 Å². The van der Waals surface area contributed by atoms with Gasteiger partial charge in [-0.3, -0.25) is 9.59 Å². The summed E-state index contributed by atoms with van der Waals surface area (Å²) in [6.45, 7) is 9.17. The summed E-state index contributed by atoms with van der Waals surface area (Å²) >= 11 is 0. The standard InChI is InChI=1S/C36H43N5O7S.C2HF3O2/c1-6-47-30-18-23(7-11-29(30)48-20(2)3)32(40-25-9-10-26-22(17-25)13-15-39-34(26)38)35(42)41-16-14-27(36(43)44)33(41)28-19-24(37)8-12-31(28)49(45,46)21(4)5;3-2(4,5)1(6)7/h7-13,15,17-21,27,32-33,40H,6,14,16,37H2,1-5H3,(H2,38,39)(H,43,44);(H,6,7). The highest BCUT2D eigenvalue weighted by Crippen LogP contribution is 2.44. The second-order valence-electron chi connectivity index (χ2n) is 13.4. The van der Waals surface area contributed by atoms with E-state index < -0.39 is 57.1 Å². The van der Waals surface area contributed by atoms with E-state index in [9.17, 15) is 36.3 Å². The molecule has 0 saturated carbocycles. The van der Waals surface area contributed by atoms with Crippen LogP contribution >= 0.6 is 0 Å². The lowest BCUT2D eigenvalue weighted by molar-refractivity contribution is -0.192. The molecule has 3 aromatic carbocycles. The van der Waals surface area contributed by atoms with Gasteiger partial charge in [0.15, 0.2) is 21.3 Å². The van der Waals surface area contributed by atoms with Gasteiger partial charge in [-0.1, -0.05) is 6.07 Å². The maximum atomic E-state index is 14.9. The van der Waals surface area contributed by atoms with Crippen LogP contribution in [0, 0.1) is 5.92 Å². The number of amides is 1. The maximum Gasteiger partial charge on any atom is 0.490 e. The smallest absolute Gasteiger partial charge is 0.490 e. The molecule has 0 radical (unpaired) electrons. The van der Waals surface area contributed by atoms with E-state index in [1.165, 1.54) is 23.1 Å². The number of carboxylic acids is 2. The molecule has 1 aromatic heterocycles. The number of ether oxygens (including phenoxy) is 2. The lowest BCUT2D eigenvalue weighted by Gasteiger charge is -2.33. The highest BCUT2D eigenvalue weighted by atomic mass is 32.2. The number of carboxylic acid groups (broad SMARTS) is 2. The third kappa shape index (κ3) is 9.71. The largest absolute Gasteiger partial charge is 0.490 e. The van der Waals surface area contributed by atoms with Crippen molar-refractivity contribution in [2.24, 2.45) is 5.92 Å². The Hall–Kier alpha value is -5.78. The number of likely N-dealkylation sites (tertiary alicyclic amines) is 1. The number of alkyl halides is 3. The Balaban J connectivity index is 0.000000908. The zero-order valence-corrected chi connectivity index (χ0v) is 32.0. The van der Waals surface area contributed by atoms with Crippen LogP contribution in [0.5, 0.6) is 11.5 Å². The molecule has 1 fully saturated rings. The van der Waals surface area contributed by atoms with Gasteiger partial charge in [0.05, 0.1) is 34.8 Å². The molecule has 7 N–H and O–H groups in total. The molecule has 56 heavy (non-hydrogen) atoms. The molecule has 0 aliphatic carbocycles. The monoisotopic (exact) mass is 803 g/mol. The molecule has 3 unspecified atom stereocenters. The fourth-order valence-electron chi connectivity index (χ4n) is 6.23. The first kappa shape index (κ1) is 43.0. The normalized spacial score (nSPS) is 16.3. The average molecular weight is 804 g/mol. The molecule has 14 nitrogen and oxygen atoms in total. The second kappa shape index (κ2) is 17.3. The van der Waals surface area contributed by atoms with Crippen molar-refractivity contribution >= 4 is 55.6 Å². The third-order valence-electron chi connectivity index (χ3n) is 8.84. The van der Waals surface area contributed by atoms with Gasteiger partial charge in [0, 0.05) is 29.5 Å². The number of aliphatic carboxylic acids is 2. The Bertz CT molecular complexity index is 2200. The maximum absolute atomic E-state index is 14.9. The number of aromatic nitrogens is 1. The summed E-state index contributed by atoms with van der Waals surface area (Å²) in [7, 11) is -3.88. The van der Waals surface area contributed by atoms with E-state index in [2.05, 4.69) is 10.3 Å². The molecule has 1 aliphatic heterocycles. The van der Waals surface area contributed by atoms with Crippen molar-refractivity contribution in [1.82, 2.24) is 9.88 Å². The number of sulfone groups is 1. The van der Waals surface area contributed by atoms with E-state index in [0.717, 1.165) is 10.8 Å². The van der Waals surface area contributed by atoms with Gasteiger partial charge in [-0.25, -0.2) is 18.2 Å². The Labute approximate surface area is 321 Å². The van der Waals surface area contributed by atoms with Crippen LogP contribution in [0.25, 0.3) is 10.8 Å². The summed E-state index contributed by atoms with van der Waals surface area (Å²) in [5.74, 6) is -4.13. The Kier molecular flexibility index (Phi) is 13.3. The summed E-state index contributed by atoms with van der Waals surface area (Å²) in [5.41, 5.74) is 13.8. The molecule has 3 atom stereocenters. The van der Waals surface area contributed by atoms with Gasteiger partial charge in [0.1, 0.15) is 11.9 Å². The zero-order chi connectivity index (χ0) is 41.7. The number of hydrogen-bond donors (Lipinski definition) is 5. The first-order valence-corrected chi connectivity index (χ1v) is 19.0. The van der Waals surface area contributed by atoms with Crippen LogP contribution < -0.4 is 26.3 Å². The molecule has 0 bridgehead atoms. The molecule has 2 heterocycles. The van der Waals surface area contributed by atoms with E-state index in [0.29, 0.717) is 35.2 Å². The number of rotatable bonds is 12. The average Bonchev–Trinajstić information content (AvgIpc) is 3.56. The number of nitrogens with one attached hydrogen (secondary N) is 1. The number of nitrogens with zero attached hydrogens (tertiary/aromatic N) is 2. The van der Waals surface area contributed by atoms with Gasteiger partial charge in [-0.05, 0) is 112 Å². The van der Waals surface area contributed by atoms with Crippen LogP contribution in [0.3, 0.4) is 0 Å². The molecular formula is C38H44F3N5O9S. The van der Waals surface area contributed by atoms with Crippen LogP contribution in [0.15, 0.2) is 71.8 Å². The summed E-state index contributed by atoms with van der Waals surface area (Å²) in [6.07, 6.45) is -3.50. The van der Waals surface area contributed by atoms with Gasteiger partial charge < -0.3 is 41.4 Å². The Morgan fingerprint density at radius 2 is 1.66 bits per heavy atom. The third-order valence-corrected chi connectivity index (χ3v) is 11.1. The van der Waals surface area contributed by atoms with E-state index in [1.807, 2.05) is 39.0 Å². The van der Waals surface area contributed by atoms with Crippen molar-refractivity contribution in [1.29, 1.82) is 0 Å². The number of hydrogen-bond acceptors (Lipinski definition) is 11. The van der Waals surface area contributed by atoms with E-state index in [4.69, 9.17) is 30.8 Å². The molecule has 0 spiro atoms. The van der Waals surface area contributed by atoms with Gasteiger partial charge >= 0.3 is 18.1 Å². The fraction of sp³-hybridized carbons (Fsp3) is 0.368. The number of carbonyl (C=O) groups excluding carboxylic acids is 1. The molecule has 1 aliphatic rings. The van der Waals surface area contributed by atoms with Crippen molar-refractivity contribution < 1.29 is 55.7 Å². The molecular weight excluding hydrogens is 760 g/mol. The minimum atomic E-state index is -5.08. The van der Waals surface area contributed by atoms with Crippen molar-refractivity contribution in [2.45, 2.75) is 75.5 Å². The van der Waals surface area contributed by atoms with Crippen molar-refractivity contribution in [3.63, 3.8) is 0 Å². The highest BCUT2D eigenvalue weighted by molar-refractivity contribution is 7.92. The highest BCUT2D eigenvalue weighted by Gasteiger charge is 2.46. The minimum absolute atomic E-state index is 0.0493. The van der Waals surface area contributed by atoms with Crippen LogP contribution in [-0.4, -0.2) is 77.0 Å². The fourth-order valence-corrected chi connectivity index (χ4v) is 7.50. The number of benzene rings is 3. The molecule has 1 amide bonds. The first-order chi connectivity index (χ1) is 26.2. The molecule has 4 aromatic rings. The number of nitrogens with two attached hydrogens (primary N) is 2. The summed E-state index contributed by atoms with van der Waals surface area (Å²) in [4.78, 5) is 42.0. The van der Waals surface area contributed by atoms with Crippen LogP contribution in [0.2, 0.25) is 0 Å². The summed E-state index contributed by atoms with van der Waals surface area (Å²) in [6, 6.07) is 14.6. The number of nitrogen functional groups attached to an aromatic ring is 2. The second-order valence-corrected chi connectivity index (χ2v) is 15.9. The topological polar surface area (TPSA) is 224 Å². The van der Waals surface area contributed by atoms with Gasteiger partial charge in [0.2, 0.25) is 5.91 Å². The molecule has 302 valence electrons. The van der Waals surface area contributed by atoms with Gasteiger partial charge in [-0.15, -0.1) is 0 Å². The predicted octanol–water partition coefficient (Wildman–Crippen LogP) is 6.23. The number of carbonyl (C=O) groups is 3.